The molecule has 8 nitrogen and oxygen atoms in total. The molecule has 0 bridgehead atoms. The fourth-order valence-electron chi connectivity index (χ4n) is 4.02. The molecule has 0 aliphatic carbocycles. The van der Waals surface area contributed by atoms with Gasteiger partial charge in [-0.3, -0.25) is 19.3 Å². The fraction of sp³-hybridized carbons (Fsp3) is 0.207. The van der Waals surface area contributed by atoms with E-state index in [0.717, 1.165) is 23.3 Å². The van der Waals surface area contributed by atoms with Crippen LogP contribution in [0.5, 0.6) is 17.2 Å². The van der Waals surface area contributed by atoms with Crippen molar-refractivity contribution in [3.05, 3.63) is 85.3 Å². The molecule has 0 aromatic heterocycles. The first-order valence-corrected chi connectivity index (χ1v) is 14.2. The van der Waals surface area contributed by atoms with Gasteiger partial charge in [-0.25, -0.2) is 0 Å². The lowest BCUT2D eigenvalue weighted by molar-refractivity contribution is -0.137. The number of imide groups is 1. The van der Waals surface area contributed by atoms with Crippen molar-refractivity contribution in [2.45, 2.75) is 19.7 Å². The average molecular weight is 712 g/mol. The van der Waals surface area contributed by atoms with Gasteiger partial charge in [-0.15, -0.1) is 0 Å². The third kappa shape index (κ3) is 7.37. The maximum absolute atomic E-state index is 13.1. The van der Waals surface area contributed by atoms with Crippen LogP contribution in [0.15, 0.2) is 59.5 Å². The molecule has 0 radical (unpaired) electrons. The number of halogens is 4. The number of hydrogen-bond acceptors (Lipinski definition) is 7. The predicted octanol–water partition coefficient (Wildman–Crippen LogP) is 6.89. The Bertz CT molecular complexity index is 1580. The molecule has 3 aromatic rings. The van der Waals surface area contributed by atoms with Crippen LogP contribution in [-0.2, 0) is 22.4 Å². The van der Waals surface area contributed by atoms with Gasteiger partial charge in [0.15, 0.2) is 11.5 Å². The Kier molecular flexibility index (Phi) is 9.71. The molecule has 1 saturated heterocycles. The summed E-state index contributed by atoms with van der Waals surface area (Å²) >= 11 is 2.73. The molecule has 3 aromatic carbocycles. The molecule has 1 aliphatic rings. The van der Waals surface area contributed by atoms with Gasteiger partial charge in [0.1, 0.15) is 18.9 Å². The van der Waals surface area contributed by atoms with Crippen molar-refractivity contribution in [3.63, 3.8) is 0 Å². The highest BCUT2D eigenvalue weighted by Gasteiger charge is 2.37. The van der Waals surface area contributed by atoms with Crippen molar-refractivity contribution in [1.82, 2.24) is 4.90 Å². The van der Waals surface area contributed by atoms with Crippen molar-refractivity contribution in [2.24, 2.45) is 0 Å². The van der Waals surface area contributed by atoms with Gasteiger partial charge in [-0.2, -0.15) is 13.2 Å². The van der Waals surface area contributed by atoms with Crippen LogP contribution in [-0.4, -0.2) is 42.7 Å². The van der Waals surface area contributed by atoms with Crippen LogP contribution in [0.25, 0.3) is 6.08 Å². The number of benzene rings is 3. The van der Waals surface area contributed by atoms with Crippen molar-refractivity contribution in [3.8, 4) is 17.2 Å². The summed E-state index contributed by atoms with van der Waals surface area (Å²) in [6.45, 7) is 1.61. The van der Waals surface area contributed by atoms with E-state index in [0.29, 0.717) is 50.0 Å². The van der Waals surface area contributed by atoms with E-state index in [-0.39, 0.29) is 16.3 Å². The maximum atomic E-state index is 13.1. The van der Waals surface area contributed by atoms with E-state index in [1.165, 1.54) is 20.3 Å². The van der Waals surface area contributed by atoms with Gasteiger partial charge in [0.05, 0.1) is 33.9 Å². The number of nitrogens with zero attached hydrogens (tertiary/aromatic N) is 1. The smallest absolute Gasteiger partial charge is 0.416 e. The predicted molar refractivity (Wildman–Crippen MR) is 161 cm³/mol. The molecular weight excluding hydrogens is 688 g/mol. The number of hydrogen-bond donors (Lipinski definition) is 1. The zero-order chi connectivity index (χ0) is 30.6. The first-order valence-electron chi connectivity index (χ1n) is 12.3. The second kappa shape index (κ2) is 13.1. The molecule has 42 heavy (non-hydrogen) atoms. The summed E-state index contributed by atoms with van der Waals surface area (Å²) in [5.74, 6) is -0.659. The highest BCUT2D eigenvalue weighted by molar-refractivity contribution is 14.1. The molecule has 0 unspecified atom stereocenters. The van der Waals surface area contributed by atoms with Gasteiger partial charge >= 0.3 is 6.18 Å². The first-order chi connectivity index (χ1) is 19.9. The Morgan fingerprint density at radius 3 is 2.45 bits per heavy atom. The zero-order valence-corrected chi connectivity index (χ0v) is 25.5. The lowest BCUT2D eigenvalue weighted by Crippen LogP contribution is -2.36. The number of rotatable bonds is 9. The van der Waals surface area contributed by atoms with Gasteiger partial charge in [-0.1, -0.05) is 29.8 Å². The van der Waals surface area contributed by atoms with Crippen molar-refractivity contribution < 1.29 is 41.8 Å². The van der Waals surface area contributed by atoms with Crippen LogP contribution in [0.3, 0.4) is 0 Å². The van der Waals surface area contributed by atoms with Crippen LogP contribution < -0.4 is 19.5 Å². The Morgan fingerprint density at radius 1 is 1.05 bits per heavy atom. The molecule has 0 saturated carbocycles. The normalized spacial score (nSPS) is 14.4. The van der Waals surface area contributed by atoms with E-state index < -0.39 is 35.3 Å². The second-order valence-electron chi connectivity index (χ2n) is 9.04. The Morgan fingerprint density at radius 2 is 1.79 bits per heavy atom. The minimum absolute atomic E-state index is 0.0137. The monoisotopic (exact) mass is 712 g/mol. The molecule has 1 fully saturated rings. The average Bonchev–Trinajstić information content (AvgIpc) is 3.18. The van der Waals surface area contributed by atoms with Crippen molar-refractivity contribution in [2.75, 3.05) is 26.1 Å². The highest BCUT2D eigenvalue weighted by atomic mass is 127. The SMILES string of the molecule is COc1ccc(C(F)(F)F)cc1NC(=O)CN1C(=O)S/C(=C\c2cc(I)c(OCc3cccc(C)c3)c(OC)c2)C1=O. The van der Waals surface area contributed by atoms with E-state index in [2.05, 4.69) is 27.9 Å². The molecule has 0 atom stereocenters. The van der Waals surface area contributed by atoms with Gasteiger partial charge < -0.3 is 19.5 Å². The number of amides is 3. The third-order valence-electron chi connectivity index (χ3n) is 5.99. The van der Waals surface area contributed by atoms with Gasteiger partial charge in [0.2, 0.25) is 5.91 Å². The summed E-state index contributed by atoms with van der Waals surface area (Å²) in [5.41, 5.74) is 1.41. The number of aryl methyl sites for hydroxylation is 1. The van der Waals surface area contributed by atoms with E-state index in [1.807, 2.05) is 31.2 Å². The molecule has 13 heteroatoms. The minimum atomic E-state index is -4.64. The number of anilines is 1. The zero-order valence-electron chi connectivity index (χ0n) is 22.5. The third-order valence-corrected chi connectivity index (χ3v) is 7.70. The molecule has 1 aliphatic heterocycles. The molecule has 0 spiro atoms. The van der Waals surface area contributed by atoms with Gasteiger partial charge in [-0.05, 0) is 88.8 Å². The lowest BCUT2D eigenvalue weighted by Gasteiger charge is -2.16. The number of methoxy groups -OCH3 is 2. The van der Waals surface area contributed by atoms with E-state index >= 15 is 0 Å². The van der Waals surface area contributed by atoms with Crippen LogP contribution in [0.1, 0.15) is 22.3 Å². The van der Waals surface area contributed by atoms with Crippen molar-refractivity contribution in [1.29, 1.82) is 0 Å². The summed E-state index contributed by atoms with van der Waals surface area (Å²) in [4.78, 5) is 39.0. The van der Waals surface area contributed by atoms with Gasteiger partial charge in [0, 0.05) is 0 Å². The van der Waals surface area contributed by atoms with Crippen LogP contribution in [0.2, 0.25) is 0 Å². The van der Waals surface area contributed by atoms with E-state index in [9.17, 15) is 27.6 Å². The summed E-state index contributed by atoms with van der Waals surface area (Å²) in [7, 11) is 2.72. The topological polar surface area (TPSA) is 94.2 Å². The van der Waals surface area contributed by atoms with E-state index in [1.54, 1.807) is 12.1 Å². The first kappa shape index (κ1) is 31.2. The summed E-state index contributed by atoms with van der Waals surface area (Å²) < 4.78 is 56.7. The Balaban J connectivity index is 1.48. The second-order valence-corrected chi connectivity index (χ2v) is 11.2. The molecule has 1 heterocycles. The number of ether oxygens (including phenoxy) is 3. The molecular formula is C29H24F3IN2O6S. The molecule has 220 valence electrons. The van der Waals surface area contributed by atoms with Crippen molar-refractivity contribution >= 4 is 63.2 Å². The van der Waals surface area contributed by atoms with Crippen LogP contribution in [0, 0.1) is 10.5 Å². The molecule has 3 amide bonds. The van der Waals surface area contributed by atoms with Crippen LogP contribution >= 0.6 is 34.4 Å². The number of alkyl halides is 3. The molecule has 4 rings (SSSR count). The summed E-state index contributed by atoms with van der Waals surface area (Å²) in [6, 6.07) is 13.9. The highest BCUT2D eigenvalue weighted by Crippen LogP contribution is 2.38. The molecule has 1 N–H and O–H groups in total. The summed E-state index contributed by atoms with van der Waals surface area (Å²) in [6.07, 6.45) is -3.15. The number of nitrogens with one attached hydrogen (secondary N) is 1. The quantitative estimate of drug-likeness (QED) is 0.191. The number of thioether (sulfide) groups is 1. The lowest BCUT2D eigenvalue weighted by atomic mass is 10.1. The van der Waals surface area contributed by atoms with Crippen LogP contribution in [0.4, 0.5) is 23.7 Å². The van der Waals surface area contributed by atoms with Gasteiger partial charge in [0.25, 0.3) is 11.1 Å². The maximum Gasteiger partial charge on any atom is 0.416 e. The number of carbonyl (C=O) groups excluding carboxylic acids is 3. The Labute approximate surface area is 257 Å². The largest absolute Gasteiger partial charge is 0.495 e. The minimum Gasteiger partial charge on any atom is -0.495 e. The fourth-order valence-corrected chi connectivity index (χ4v) is 5.64. The Hall–Kier alpha value is -3.72. The standard InChI is InChI=1S/C29H24F3IN2O6S/c1-16-5-4-6-17(9-16)15-41-26-20(33)10-18(11-23(26)40-3)12-24-27(37)35(28(38)42-24)14-25(36)34-21-13-19(29(30,31)32)7-8-22(21)39-2/h4-13H,14-15H2,1-3H3,(H,34,36)/b24-12-. The summed E-state index contributed by atoms with van der Waals surface area (Å²) in [5, 5.41) is 1.59. The van der Waals surface area contributed by atoms with E-state index in [4.69, 9.17) is 14.2 Å². The number of carbonyl (C=O) groups is 3.